The third kappa shape index (κ3) is 7.09. The van der Waals surface area contributed by atoms with E-state index in [0.717, 1.165) is 58.2 Å². The molecule has 2 aliphatic heterocycles. The van der Waals surface area contributed by atoms with E-state index >= 15 is 0 Å². The van der Waals surface area contributed by atoms with E-state index in [-0.39, 0.29) is 6.61 Å². The van der Waals surface area contributed by atoms with Crippen LogP contribution < -0.4 is 9.47 Å². The SMILES string of the molecule is OC1(COc2cccc(Cl)c2)CCN(Cc2ccc(OCCN3CCOCC3)cc2)CC1. The van der Waals surface area contributed by atoms with E-state index in [1.54, 1.807) is 6.07 Å². The average molecular weight is 461 g/mol. The molecule has 0 aliphatic carbocycles. The van der Waals surface area contributed by atoms with E-state index in [1.165, 1.54) is 5.56 Å². The van der Waals surface area contributed by atoms with Gasteiger partial charge in [0.2, 0.25) is 0 Å². The van der Waals surface area contributed by atoms with E-state index < -0.39 is 5.60 Å². The molecule has 6 nitrogen and oxygen atoms in total. The molecule has 2 fully saturated rings. The third-order valence-electron chi connectivity index (χ3n) is 6.20. The number of hydrogen-bond acceptors (Lipinski definition) is 6. The van der Waals surface area contributed by atoms with Crippen LogP contribution in [0.15, 0.2) is 48.5 Å². The number of morpholine rings is 1. The summed E-state index contributed by atoms with van der Waals surface area (Å²) in [6.45, 7) is 8.08. The van der Waals surface area contributed by atoms with Crippen LogP contribution in [0.1, 0.15) is 18.4 Å². The van der Waals surface area contributed by atoms with Crippen LogP contribution >= 0.6 is 11.6 Å². The summed E-state index contributed by atoms with van der Waals surface area (Å²) in [4.78, 5) is 4.75. The van der Waals surface area contributed by atoms with Crippen molar-refractivity contribution in [3.05, 3.63) is 59.1 Å². The van der Waals surface area contributed by atoms with Crippen LogP contribution in [0.5, 0.6) is 11.5 Å². The second kappa shape index (κ2) is 11.3. The predicted octanol–water partition coefficient (Wildman–Crippen LogP) is 3.46. The molecule has 2 aromatic rings. The predicted molar refractivity (Wildman–Crippen MR) is 126 cm³/mol. The van der Waals surface area contributed by atoms with Gasteiger partial charge in [0.1, 0.15) is 30.3 Å². The first-order valence-electron chi connectivity index (χ1n) is 11.4. The first-order valence-corrected chi connectivity index (χ1v) is 11.8. The van der Waals surface area contributed by atoms with Crippen LogP contribution in [0.4, 0.5) is 0 Å². The van der Waals surface area contributed by atoms with Crippen LogP contribution in [0.2, 0.25) is 5.02 Å². The normalized spacial score (nSPS) is 19.6. The van der Waals surface area contributed by atoms with Crippen molar-refractivity contribution in [2.45, 2.75) is 25.0 Å². The van der Waals surface area contributed by atoms with Gasteiger partial charge in [-0.05, 0) is 48.7 Å². The molecule has 0 atom stereocenters. The molecule has 2 saturated heterocycles. The summed E-state index contributed by atoms with van der Waals surface area (Å²) in [6, 6.07) is 15.7. The molecule has 2 aliphatic rings. The Kier molecular flexibility index (Phi) is 8.27. The lowest BCUT2D eigenvalue weighted by Gasteiger charge is -2.38. The topological polar surface area (TPSA) is 54.4 Å². The van der Waals surface area contributed by atoms with Gasteiger partial charge >= 0.3 is 0 Å². The standard InChI is InChI=1S/C25H33ClN2O4/c26-22-2-1-3-24(18-22)32-20-25(29)8-10-28(11-9-25)19-21-4-6-23(7-5-21)31-17-14-27-12-15-30-16-13-27/h1-7,18,29H,8-17,19-20H2. The van der Waals surface area contributed by atoms with Crippen LogP contribution in [0.3, 0.4) is 0 Å². The fourth-order valence-electron chi connectivity index (χ4n) is 4.11. The highest BCUT2D eigenvalue weighted by Crippen LogP contribution is 2.26. The molecule has 0 aromatic heterocycles. The summed E-state index contributed by atoms with van der Waals surface area (Å²) in [5, 5.41) is 11.5. The van der Waals surface area contributed by atoms with Gasteiger partial charge in [0.05, 0.1) is 13.2 Å². The van der Waals surface area contributed by atoms with Crippen molar-refractivity contribution in [3.63, 3.8) is 0 Å². The van der Waals surface area contributed by atoms with Gasteiger partial charge in [-0.25, -0.2) is 0 Å². The molecule has 7 heteroatoms. The molecule has 0 radical (unpaired) electrons. The van der Waals surface area contributed by atoms with Gasteiger partial charge in [0, 0.05) is 44.3 Å². The molecule has 32 heavy (non-hydrogen) atoms. The number of likely N-dealkylation sites (tertiary alicyclic amines) is 1. The van der Waals surface area contributed by atoms with E-state index in [4.69, 9.17) is 25.8 Å². The van der Waals surface area contributed by atoms with Crippen LogP contribution in [-0.4, -0.2) is 79.7 Å². The molecule has 2 heterocycles. The first-order chi connectivity index (χ1) is 15.6. The maximum absolute atomic E-state index is 10.9. The number of benzene rings is 2. The summed E-state index contributed by atoms with van der Waals surface area (Å²) < 4.78 is 17.1. The molecule has 0 saturated carbocycles. The van der Waals surface area contributed by atoms with E-state index in [0.29, 0.717) is 30.2 Å². The van der Waals surface area contributed by atoms with Gasteiger partial charge in [-0.2, -0.15) is 0 Å². The minimum absolute atomic E-state index is 0.289. The highest BCUT2D eigenvalue weighted by Gasteiger charge is 2.33. The minimum atomic E-state index is -0.795. The fraction of sp³-hybridized carbons (Fsp3) is 0.520. The lowest BCUT2D eigenvalue weighted by atomic mass is 9.92. The Morgan fingerprint density at radius 2 is 1.66 bits per heavy atom. The van der Waals surface area contributed by atoms with Crippen molar-refractivity contribution < 1.29 is 19.3 Å². The molecule has 174 valence electrons. The second-order valence-corrected chi connectivity index (χ2v) is 9.13. The first kappa shape index (κ1) is 23.3. The van der Waals surface area contributed by atoms with Gasteiger partial charge < -0.3 is 19.3 Å². The molecular weight excluding hydrogens is 428 g/mol. The molecule has 4 rings (SSSR count). The Bertz CT molecular complexity index is 834. The zero-order valence-corrected chi connectivity index (χ0v) is 19.3. The molecular formula is C25H33ClN2O4. The number of hydrogen-bond donors (Lipinski definition) is 1. The molecule has 0 unspecified atom stereocenters. The average Bonchev–Trinajstić information content (AvgIpc) is 2.81. The second-order valence-electron chi connectivity index (χ2n) is 8.69. The monoisotopic (exact) mass is 460 g/mol. The smallest absolute Gasteiger partial charge is 0.120 e. The minimum Gasteiger partial charge on any atom is -0.492 e. The number of rotatable bonds is 9. The number of nitrogens with zero attached hydrogens (tertiary/aromatic N) is 2. The zero-order valence-electron chi connectivity index (χ0n) is 18.5. The lowest BCUT2D eigenvalue weighted by Crippen LogP contribution is -2.47. The summed E-state index contributed by atoms with van der Waals surface area (Å²) >= 11 is 6.00. The summed E-state index contributed by atoms with van der Waals surface area (Å²) in [5.74, 6) is 1.61. The summed E-state index contributed by atoms with van der Waals surface area (Å²) in [7, 11) is 0. The van der Waals surface area contributed by atoms with Crippen LogP contribution in [0.25, 0.3) is 0 Å². The Labute approximate surface area is 195 Å². The quantitative estimate of drug-likeness (QED) is 0.618. The number of piperidine rings is 1. The van der Waals surface area contributed by atoms with Gasteiger partial charge in [0.25, 0.3) is 0 Å². The van der Waals surface area contributed by atoms with E-state index in [9.17, 15) is 5.11 Å². The molecule has 0 bridgehead atoms. The Balaban J connectivity index is 1.16. The Morgan fingerprint density at radius 1 is 0.906 bits per heavy atom. The molecule has 0 spiro atoms. The maximum atomic E-state index is 10.9. The maximum Gasteiger partial charge on any atom is 0.120 e. The van der Waals surface area contributed by atoms with Crippen LogP contribution in [-0.2, 0) is 11.3 Å². The number of ether oxygens (including phenoxy) is 3. The van der Waals surface area contributed by atoms with Crippen LogP contribution in [0, 0.1) is 0 Å². The van der Waals surface area contributed by atoms with Gasteiger partial charge in [-0.3, -0.25) is 9.80 Å². The molecule has 1 N–H and O–H groups in total. The van der Waals surface area contributed by atoms with Crippen molar-refractivity contribution in [1.82, 2.24) is 9.80 Å². The Hall–Kier alpha value is -1.83. The Morgan fingerprint density at radius 3 is 2.38 bits per heavy atom. The largest absolute Gasteiger partial charge is 0.492 e. The number of aliphatic hydroxyl groups is 1. The lowest BCUT2D eigenvalue weighted by molar-refractivity contribution is -0.0537. The van der Waals surface area contributed by atoms with Crippen molar-refractivity contribution in [2.75, 3.05) is 59.2 Å². The summed E-state index contributed by atoms with van der Waals surface area (Å²) in [6.07, 6.45) is 1.38. The van der Waals surface area contributed by atoms with E-state index in [1.807, 2.05) is 30.3 Å². The van der Waals surface area contributed by atoms with Crippen molar-refractivity contribution in [2.24, 2.45) is 0 Å². The van der Waals surface area contributed by atoms with Crippen molar-refractivity contribution in [3.8, 4) is 11.5 Å². The molecule has 0 amide bonds. The summed E-state index contributed by atoms with van der Waals surface area (Å²) in [5.41, 5.74) is 0.461. The van der Waals surface area contributed by atoms with Gasteiger partial charge in [-0.1, -0.05) is 29.8 Å². The third-order valence-corrected chi connectivity index (χ3v) is 6.43. The van der Waals surface area contributed by atoms with Gasteiger partial charge in [0.15, 0.2) is 0 Å². The highest BCUT2D eigenvalue weighted by atomic mass is 35.5. The van der Waals surface area contributed by atoms with Gasteiger partial charge in [-0.15, -0.1) is 0 Å². The fourth-order valence-corrected chi connectivity index (χ4v) is 4.29. The van der Waals surface area contributed by atoms with Crippen molar-refractivity contribution in [1.29, 1.82) is 0 Å². The molecule has 2 aromatic carbocycles. The highest BCUT2D eigenvalue weighted by molar-refractivity contribution is 6.30. The van der Waals surface area contributed by atoms with E-state index in [2.05, 4.69) is 21.9 Å². The van der Waals surface area contributed by atoms with Crippen molar-refractivity contribution >= 4 is 11.6 Å². The number of halogens is 1. The zero-order chi connectivity index (χ0) is 22.2.